The maximum Gasteiger partial charge on any atom is 0.264 e. The lowest BCUT2D eigenvalue weighted by Gasteiger charge is -2.34. The minimum atomic E-state index is -4.15. The topological polar surface area (TPSA) is 86.8 Å². The van der Waals surface area contributed by atoms with E-state index in [1.165, 1.54) is 17.0 Å². The van der Waals surface area contributed by atoms with Gasteiger partial charge in [-0.1, -0.05) is 102 Å². The third-order valence-electron chi connectivity index (χ3n) is 7.09. The number of anilines is 1. The molecule has 0 aromatic heterocycles. The van der Waals surface area contributed by atoms with Crippen molar-refractivity contribution in [2.24, 2.45) is 0 Å². The molecule has 230 valence electrons. The summed E-state index contributed by atoms with van der Waals surface area (Å²) >= 11 is 12.5. The third-order valence-corrected chi connectivity index (χ3v) is 9.62. The van der Waals surface area contributed by atoms with Crippen LogP contribution in [0.1, 0.15) is 30.0 Å². The van der Waals surface area contributed by atoms with Crippen molar-refractivity contribution < 1.29 is 18.0 Å². The Morgan fingerprint density at radius 3 is 2.07 bits per heavy atom. The van der Waals surface area contributed by atoms with Crippen molar-refractivity contribution in [2.45, 2.75) is 44.2 Å². The van der Waals surface area contributed by atoms with Crippen LogP contribution in [0.4, 0.5) is 5.69 Å². The lowest BCUT2D eigenvalue weighted by atomic mass is 10.0. The summed E-state index contributed by atoms with van der Waals surface area (Å²) in [6.07, 6.45) is 0.931. The van der Waals surface area contributed by atoms with E-state index in [0.29, 0.717) is 34.3 Å². The maximum atomic E-state index is 14.4. The Balaban J connectivity index is 1.80. The third kappa shape index (κ3) is 8.40. The summed E-state index contributed by atoms with van der Waals surface area (Å²) in [5.41, 5.74) is 2.76. The molecule has 2 amide bonds. The van der Waals surface area contributed by atoms with Gasteiger partial charge in [0.05, 0.1) is 20.6 Å². The molecule has 0 unspecified atom stereocenters. The van der Waals surface area contributed by atoms with E-state index in [1.807, 2.05) is 44.2 Å². The Morgan fingerprint density at radius 2 is 1.45 bits per heavy atom. The second-order valence-corrected chi connectivity index (χ2v) is 13.1. The Morgan fingerprint density at radius 1 is 0.818 bits per heavy atom. The Labute approximate surface area is 269 Å². The Bertz CT molecular complexity index is 1670. The first kappa shape index (κ1) is 33.1. The summed E-state index contributed by atoms with van der Waals surface area (Å²) in [7, 11) is -4.15. The molecule has 4 aromatic carbocycles. The number of hydrogen-bond donors (Lipinski definition) is 1. The largest absolute Gasteiger partial charge is 0.354 e. The number of hydrogen-bond acceptors (Lipinski definition) is 4. The van der Waals surface area contributed by atoms with Gasteiger partial charge in [0.15, 0.2) is 0 Å². The zero-order chi connectivity index (χ0) is 31.7. The van der Waals surface area contributed by atoms with E-state index in [-0.39, 0.29) is 23.8 Å². The molecular formula is C34H35Cl2N3O4S. The van der Waals surface area contributed by atoms with Crippen LogP contribution < -0.4 is 9.62 Å². The number of carbonyl (C=O) groups is 2. The molecule has 1 atom stereocenters. The normalized spacial score (nSPS) is 11.9. The summed E-state index contributed by atoms with van der Waals surface area (Å²) in [4.78, 5) is 29.6. The SMILES string of the molecule is CCCNC(=O)[C@H](Cc1ccccc1)N(Cc1ccc(Cl)c(Cl)c1)C(=O)CN(c1ccc(C)cc1)S(=O)(=O)c1ccccc1. The van der Waals surface area contributed by atoms with Crippen molar-refractivity contribution >= 4 is 50.7 Å². The van der Waals surface area contributed by atoms with Gasteiger partial charge in [0.25, 0.3) is 10.0 Å². The molecule has 10 heteroatoms. The summed E-state index contributed by atoms with van der Waals surface area (Å²) in [6.45, 7) is 3.73. The van der Waals surface area contributed by atoms with E-state index >= 15 is 0 Å². The lowest BCUT2D eigenvalue weighted by Crippen LogP contribution is -2.53. The molecular weight excluding hydrogens is 617 g/mol. The van der Waals surface area contributed by atoms with E-state index in [4.69, 9.17) is 23.2 Å². The van der Waals surface area contributed by atoms with Gasteiger partial charge in [-0.05, 0) is 60.9 Å². The maximum absolute atomic E-state index is 14.4. The fourth-order valence-electron chi connectivity index (χ4n) is 4.71. The molecule has 0 bridgehead atoms. The zero-order valence-corrected chi connectivity index (χ0v) is 26.9. The van der Waals surface area contributed by atoms with E-state index in [9.17, 15) is 18.0 Å². The number of sulfonamides is 1. The second-order valence-electron chi connectivity index (χ2n) is 10.4. The molecule has 0 radical (unpaired) electrons. The van der Waals surface area contributed by atoms with Gasteiger partial charge in [0.1, 0.15) is 12.6 Å². The molecule has 0 heterocycles. The minimum Gasteiger partial charge on any atom is -0.354 e. The van der Waals surface area contributed by atoms with Crippen LogP contribution in [0.3, 0.4) is 0 Å². The van der Waals surface area contributed by atoms with Gasteiger partial charge in [0.2, 0.25) is 11.8 Å². The van der Waals surface area contributed by atoms with Gasteiger partial charge in [-0.2, -0.15) is 0 Å². The molecule has 4 rings (SSSR count). The Hall–Kier alpha value is -3.85. The van der Waals surface area contributed by atoms with Crippen molar-refractivity contribution in [3.05, 3.63) is 130 Å². The quantitative estimate of drug-likeness (QED) is 0.175. The van der Waals surface area contributed by atoms with Crippen LogP contribution in [-0.2, 0) is 32.6 Å². The molecule has 0 aliphatic rings. The van der Waals surface area contributed by atoms with Gasteiger partial charge in [0, 0.05) is 19.5 Å². The minimum absolute atomic E-state index is 0.000109. The number of halogens is 2. The van der Waals surface area contributed by atoms with Crippen molar-refractivity contribution in [3.63, 3.8) is 0 Å². The molecule has 0 saturated carbocycles. The number of nitrogens with zero attached hydrogens (tertiary/aromatic N) is 2. The molecule has 0 aliphatic carbocycles. The van der Waals surface area contributed by atoms with Gasteiger partial charge >= 0.3 is 0 Å². The van der Waals surface area contributed by atoms with E-state index in [2.05, 4.69) is 5.32 Å². The number of rotatable bonds is 13. The number of benzene rings is 4. The Kier molecular flexibility index (Phi) is 11.4. The van der Waals surface area contributed by atoms with Crippen LogP contribution in [0, 0.1) is 6.92 Å². The highest BCUT2D eigenvalue weighted by atomic mass is 35.5. The number of nitrogens with one attached hydrogen (secondary N) is 1. The zero-order valence-electron chi connectivity index (χ0n) is 24.6. The summed E-state index contributed by atoms with van der Waals surface area (Å²) in [6, 6.07) is 28.3. The summed E-state index contributed by atoms with van der Waals surface area (Å²) < 4.78 is 29.1. The van der Waals surface area contributed by atoms with E-state index in [0.717, 1.165) is 15.4 Å². The van der Waals surface area contributed by atoms with Crippen molar-refractivity contribution in [2.75, 3.05) is 17.4 Å². The molecule has 7 nitrogen and oxygen atoms in total. The van der Waals surface area contributed by atoms with Crippen LogP contribution in [0.25, 0.3) is 0 Å². The summed E-state index contributed by atoms with van der Waals surface area (Å²) in [5, 5.41) is 3.59. The standard InChI is InChI=1S/C34H35Cl2N3O4S/c1-3-20-37-34(41)32(22-26-10-6-4-7-11-26)38(23-27-16-19-30(35)31(36)21-27)33(40)24-39(28-17-14-25(2)15-18-28)44(42,43)29-12-8-5-9-13-29/h4-19,21,32H,3,20,22-24H2,1-2H3,(H,37,41)/t32-/m0/s1. The monoisotopic (exact) mass is 651 g/mol. The average Bonchev–Trinajstić information content (AvgIpc) is 3.03. The van der Waals surface area contributed by atoms with Crippen molar-refractivity contribution in [1.82, 2.24) is 10.2 Å². The van der Waals surface area contributed by atoms with Crippen LogP contribution in [-0.4, -0.2) is 44.3 Å². The van der Waals surface area contributed by atoms with Crippen molar-refractivity contribution in [1.29, 1.82) is 0 Å². The molecule has 0 fully saturated rings. The predicted octanol–water partition coefficient (Wildman–Crippen LogP) is 6.66. The predicted molar refractivity (Wildman–Crippen MR) is 176 cm³/mol. The lowest BCUT2D eigenvalue weighted by molar-refractivity contribution is -0.140. The van der Waals surface area contributed by atoms with Gasteiger partial charge in [-0.3, -0.25) is 13.9 Å². The van der Waals surface area contributed by atoms with Crippen LogP contribution in [0.15, 0.2) is 108 Å². The first-order valence-electron chi connectivity index (χ1n) is 14.3. The second kappa shape index (κ2) is 15.2. The number of aryl methyl sites for hydroxylation is 1. The highest BCUT2D eigenvalue weighted by molar-refractivity contribution is 7.92. The van der Waals surface area contributed by atoms with Gasteiger partial charge < -0.3 is 10.2 Å². The molecule has 1 N–H and O–H groups in total. The van der Waals surface area contributed by atoms with Crippen LogP contribution >= 0.6 is 23.2 Å². The molecule has 0 spiro atoms. The van der Waals surface area contributed by atoms with Crippen LogP contribution in [0.5, 0.6) is 0 Å². The first-order valence-corrected chi connectivity index (χ1v) is 16.5. The molecule has 44 heavy (non-hydrogen) atoms. The van der Waals surface area contributed by atoms with Crippen molar-refractivity contribution in [3.8, 4) is 0 Å². The molecule has 0 aliphatic heterocycles. The number of amides is 2. The molecule has 4 aromatic rings. The fraction of sp³-hybridized carbons (Fsp3) is 0.235. The van der Waals surface area contributed by atoms with E-state index in [1.54, 1.807) is 60.7 Å². The average molecular weight is 653 g/mol. The van der Waals surface area contributed by atoms with Crippen LogP contribution in [0.2, 0.25) is 10.0 Å². The highest BCUT2D eigenvalue weighted by Gasteiger charge is 2.34. The highest BCUT2D eigenvalue weighted by Crippen LogP contribution is 2.27. The van der Waals surface area contributed by atoms with E-state index < -0.39 is 28.5 Å². The first-order chi connectivity index (χ1) is 21.1. The molecule has 0 saturated heterocycles. The fourth-order valence-corrected chi connectivity index (χ4v) is 6.47. The summed E-state index contributed by atoms with van der Waals surface area (Å²) in [5.74, 6) is -0.888. The smallest absolute Gasteiger partial charge is 0.264 e. The number of carbonyl (C=O) groups excluding carboxylic acids is 2. The van der Waals surface area contributed by atoms with Gasteiger partial charge in [-0.25, -0.2) is 8.42 Å². The van der Waals surface area contributed by atoms with Gasteiger partial charge in [-0.15, -0.1) is 0 Å².